The highest BCUT2D eigenvalue weighted by Crippen LogP contribution is 2.35. The van der Waals surface area contributed by atoms with E-state index in [1.165, 1.54) is 17.7 Å². The fraction of sp³-hybridized carbons (Fsp3) is 0.536. The summed E-state index contributed by atoms with van der Waals surface area (Å²) in [5, 5.41) is 13.2. The van der Waals surface area contributed by atoms with E-state index in [1.54, 1.807) is 12.1 Å². The van der Waals surface area contributed by atoms with Gasteiger partial charge in [-0.15, -0.1) is 13.2 Å². The first-order valence-electron chi connectivity index (χ1n) is 13.0. The van der Waals surface area contributed by atoms with Crippen LogP contribution in [0.1, 0.15) is 37.7 Å². The number of amides is 1. The lowest BCUT2D eigenvalue weighted by Gasteiger charge is -2.41. The van der Waals surface area contributed by atoms with Crippen LogP contribution in [0.25, 0.3) is 0 Å². The SMILES string of the molecule is O=C(NCCC1(CO)CCN(Cc2ccccc2)CC1)C1CCN(c2cccc(OC(F)(F)F)c2)CC1. The molecular formula is C28H36F3N3O3. The molecule has 4 rings (SSSR count). The Hall–Kier alpha value is -2.78. The molecule has 1 amide bonds. The van der Waals surface area contributed by atoms with Crippen molar-refractivity contribution < 1.29 is 27.8 Å². The molecule has 2 heterocycles. The van der Waals surface area contributed by atoms with Crippen LogP contribution in [0, 0.1) is 11.3 Å². The van der Waals surface area contributed by atoms with Gasteiger partial charge in [-0.2, -0.15) is 0 Å². The Morgan fingerprint density at radius 2 is 1.73 bits per heavy atom. The number of anilines is 1. The number of likely N-dealkylation sites (tertiary alicyclic amines) is 1. The molecule has 0 unspecified atom stereocenters. The van der Waals surface area contributed by atoms with Crippen LogP contribution >= 0.6 is 0 Å². The summed E-state index contributed by atoms with van der Waals surface area (Å²) >= 11 is 0. The van der Waals surface area contributed by atoms with E-state index in [2.05, 4.69) is 39.2 Å². The first-order chi connectivity index (χ1) is 17.8. The van der Waals surface area contributed by atoms with E-state index in [1.807, 2.05) is 11.0 Å². The molecule has 202 valence electrons. The average Bonchev–Trinajstić information content (AvgIpc) is 2.90. The van der Waals surface area contributed by atoms with Gasteiger partial charge in [0, 0.05) is 50.5 Å². The Labute approximate surface area is 216 Å². The molecule has 0 atom stereocenters. The average molecular weight is 520 g/mol. The second-order valence-electron chi connectivity index (χ2n) is 10.3. The van der Waals surface area contributed by atoms with E-state index in [0.717, 1.165) is 38.9 Å². The van der Waals surface area contributed by atoms with Crippen molar-refractivity contribution in [3.05, 3.63) is 60.2 Å². The Morgan fingerprint density at radius 3 is 2.38 bits per heavy atom. The van der Waals surface area contributed by atoms with Crippen LogP contribution in [0.3, 0.4) is 0 Å². The molecule has 0 spiro atoms. The second-order valence-corrected chi connectivity index (χ2v) is 10.3. The zero-order chi connectivity index (χ0) is 26.3. The highest BCUT2D eigenvalue weighted by Gasteiger charge is 2.34. The maximum Gasteiger partial charge on any atom is 0.573 e. The number of rotatable bonds is 9. The topological polar surface area (TPSA) is 65.0 Å². The lowest BCUT2D eigenvalue weighted by molar-refractivity contribution is -0.274. The van der Waals surface area contributed by atoms with Crippen molar-refractivity contribution in [2.24, 2.45) is 11.3 Å². The van der Waals surface area contributed by atoms with Gasteiger partial charge in [-0.05, 0) is 68.3 Å². The van der Waals surface area contributed by atoms with E-state index in [4.69, 9.17) is 0 Å². The number of aliphatic hydroxyl groups is 1. The fourth-order valence-corrected chi connectivity index (χ4v) is 5.39. The van der Waals surface area contributed by atoms with Gasteiger partial charge in [0.15, 0.2) is 0 Å². The van der Waals surface area contributed by atoms with Crippen molar-refractivity contribution in [1.29, 1.82) is 0 Å². The molecular weight excluding hydrogens is 483 g/mol. The lowest BCUT2D eigenvalue weighted by atomic mass is 9.76. The Bertz CT molecular complexity index is 1000. The molecule has 0 bridgehead atoms. The van der Waals surface area contributed by atoms with Crippen molar-refractivity contribution >= 4 is 11.6 Å². The molecule has 2 aromatic rings. The van der Waals surface area contributed by atoms with Crippen molar-refractivity contribution in [2.45, 2.75) is 45.0 Å². The third-order valence-electron chi connectivity index (χ3n) is 7.74. The van der Waals surface area contributed by atoms with Gasteiger partial charge in [0.25, 0.3) is 0 Å². The number of ether oxygens (including phenoxy) is 1. The zero-order valence-corrected chi connectivity index (χ0v) is 21.1. The summed E-state index contributed by atoms with van der Waals surface area (Å²) in [6, 6.07) is 16.3. The molecule has 2 saturated heterocycles. The summed E-state index contributed by atoms with van der Waals surface area (Å²) in [5.74, 6) is -0.347. The van der Waals surface area contributed by atoms with Crippen LogP contribution in [0.4, 0.5) is 18.9 Å². The minimum atomic E-state index is -4.72. The molecule has 9 heteroatoms. The van der Waals surface area contributed by atoms with E-state index in [-0.39, 0.29) is 29.6 Å². The van der Waals surface area contributed by atoms with Gasteiger partial charge >= 0.3 is 6.36 Å². The number of nitrogens with zero attached hydrogens (tertiary/aromatic N) is 2. The number of carbonyl (C=O) groups excluding carboxylic acids is 1. The standard InChI is InChI=1S/C28H36F3N3O3/c29-28(30,31)37-25-8-4-7-24(19-25)34-15-9-23(10-16-34)26(36)32-14-11-27(21-35)12-17-33(18-13-27)20-22-5-2-1-3-6-22/h1-8,19,23,35H,9-18,20-21H2,(H,32,36). The summed E-state index contributed by atoms with van der Waals surface area (Å²) in [4.78, 5) is 17.2. The third-order valence-corrected chi connectivity index (χ3v) is 7.74. The van der Waals surface area contributed by atoms with E-state index in [0.29, 0.717) is 38.2 Å². The highest BCUT2D eigenvalue weighted by molar-refractivity contribution is 5.79. The normalized spacial score (nSPS) is 19.0. The molecule has 2 aliphatic heterocycles. The van der Waals surface area contributed by atoms with Gasteiger partial charge in [-0.1, -0.05) is 36.4 Å². The van der Waals surface area contributed by atoms with Gasteiger partial charge in [-0.25, -0.2) is 0 Å². The summed E-state index contributed by atoms with van der Waals surface area (Å²) in [5.41, 5.74) is 1.79. The molecule has 0 radical (unpaired) electrons. The van der Waals surface area contributed by atoms with E-state index < -0.39 is 6.36 Å². The van der Waals surface area contributed by atoms with Gasteiger partial charge < -0.3 is 20.1 Å². The maximum atomic E-state index is 12.8. The number of hydrogen-bond acceptors (Lipinski definition) is 5. The Morgan fingerprint density at radius 1 is 1.03 bits per heavy atom. The Balaban J connectivity index is 1.19. The van der Waals surface area contributed by atoms with Crippen LogP contribution in [0.2, 0.25) is 0 Å². The van der Waals surface area contributed by atoms with E-state index in [9.17, 15) is 23.1 Å². The van der Waals surface area contributed by atoms with Gasteiger partial charge in [0.2, 0.25) is 5.91 Å². The number of halogens is 3. The van der Waals surface area contributed by atoms with Crippen molar-refractivity contribution in [1.82, 2.24) is 10.2 Å². The second kappa shape index (κ2) is 12.2. The predicted octanol–water partition coefficient (Wildman–Crippen LogP) is 4.58. The number of nitrogens with one attached hydrogen (secondary N) is 1. The van der Waals surface area contributed by atoms with Crippen LogP contribution in [0.5, 0.6) is 5.75 Å². The number of benzene rings is 2. The van der Waals surface area contributed by atoms with Gasteiger partial charge in [0.1, 0.15) is 5.75 Å². The number of hydrogen-bond donors (Lipinski definition) is 2. The molecule has 37 heavy (non-hydrogen) atoms. The van der Waals surface area contributed by atoms with Crippen LogP contribution in [-0.2, 0) is 11.3 Å². The zero-order valence-electron chi connectivity index (χ0n) is 21.1. The van der Waals surface area contributed by atoms with Crippen LogP contribution < -0.4 is 15.0 Å². The molecule has 2 fully saturated rings. The number of alkyl halides is 3. The summed E-state index contributed by atoms with van der Waals surface area (Å²) in [6.45, 7) is 4.61. The van der Waals surface area contributed by atoms with E-state index >= 15 is 0 Å². The molecule has 0 aromatic heterocycles. The molecule has 2 N–H and O–H groups in total. The monoisotopic (exact) mass is 519 g/mol. The summed E-state index contributed by atoms with van der Waals surface area (Å²) in [6.07, 6.45) is -0.897. The summed E-state index contributed by atoms with van der Waals surface area (Å²) in [7, 11) is 0. The number of piperidine rings is 2. The number of aliphatic hydroxyl groups excluding tert-OH is 1. The Kier molecular flexibility index (Phi) is 8.97. The van der Waals surface area contributed by atoms with Crippen LogP contribution in [0.15, 0.2) is 54.6 Å². The predicted molar refractivity (Wildman–Crippen MR) is 136 cm³/mol. The smallest absolute Gasteiger partial charge is 0.406 e. The van der Waals surface area contributed by atoms with Gasteiger partial charge in [-0.3, -0.25) is 9.69 Å². The molecule has 2 aromatic carbocycles. The molecule has 0 aliphatic carbocycles. The van der Waals surface area contributed by atoms with Crippen LogP contribution in [-0.4, -0.2) is 61.6 Å². The fourth-order valence-electron chi connectivity index (χ4n) is 5.39. The molecule has 2 aliphatic rings. The van der Waals surface area contributed by atoms with Crippen molar-refractivity contribution in [2.75, 3.05) is 44.2 Å². The minimum Gasteiger partial charge on any atom is -0.406 e. The summed E-state index contributed by atoms with van der Waals surface area (Å²) < 4.78 is 41.6. The highest BCUT2D eigenvalue weighted by atomic mass is 19.4. The maximum absolute atomic E-state index is 12.8. The molecule has 0 saturated carbocycles. The van der Waals surface area contributed by atoms with Crippen molar-refractivity contribution in [3.63, 3.8) is 0 Å². The minimum absolute atomic E-state index is 0.0170. The third kappa shape index (κ3) is 7.85. The lowest BCUT2D eigenvalue weighted by Crippen LogP contribution is -2.44. The quantitative estimate of drug-likeness (QED) is 0.508. The van der Waals surface area contributed by atoms with Gasteiger partial charge in [0.05, 0.1) is 0 Å². The first kappa shape index (κ1) is 27.3. The number of carbonyl (C=O) groups is 1. The van der Waals surface area contributed by atoms with Crippen molar-refractivity contribution in [3.8, 4) is 5.75 Å². The largest absolute Gasteiger partial charge is 0.573 e. The first-order valence-corrected chi connectivity index (χ1v) is 13.0. The molecule has 6 nitrogen and oxygen atoms in total.